The van der Waals surface area contributed by atoms with E-state index in [1.807, 2.05) is 36.4 Å². The van der Waals surface area contributed by atoms with E-state index in [-0.39, 0.29) is 11.5 Å². The van der Waals surface area contributed by atoms with E-state index in [4.69, 9.17) is 32.7 Å². The van der Waals surface area contributed by atoms with Gasteiger partial charge in [-0.25, -0.2) is 0 Å². The molecule has 37 heavy (non-hydrogen) atoms. The van der Waals surface area contributed by atoms with Crippen LogP contribution in [0.15, 0.2) is 83.7 Å². The zero-order chi connectivity index (χ0) is 26.3. The first kappa shape index (κ1) is 24.9. The van der Waals surface area contributed by atoms with Crippen molar-refractivity contribution in [1.82, 2.24) is 4.57 Å². The predicted molar refractivity (Wildman–Crippen MR) is 146 cm³/mol. The largest absolute Gasteiger partial charge is 0.493 e. The summed E-state index contributed by atoms with van der Waals surface area (Å²) < 4.78 is 12.5. The Morgan fingerprint density at radius 2 is 1.32 bits per heavy atom. The minimum atomic E-state index is -0.495. The summed E-state index contributed by atoms with van der Waals surface area (Å²) in [5, 5.41) is 1.17. The van der Waals surface area contributed by atoms with Gasteiger partial charge in [0.1, 0.15) is 5.82 Å². The molecule has 0 spiro atoms. The molecule has 0 bridgehead atoms. The normalized spacial score (nSPS) is 16.4. The lowest BCUT2D eigenvalue weighted by Gasteiger charge is -2.27. The maximum absolute atomic E-state index is 14.2. The van der Waals surface area contributed by atoms with Gasteiger partial charge in [-0.05, 0) is 65.2 Å². The van der Waals surface area contributed by atoms with E-state index < -0.39 is 12.1 Å². The molecule has 8 heteroatoms. The van der Waals surface area contributed by atoms with E-state index in [1.165, 1.54) is 6.92 Å². The van der Waals surface area contributed by atoms with Crippen LogP contribution in [-0.4, -0.2) is 24.7 Å². The fraction of sp³-hybridized carbons (Fsp3) is 0.172. The van der Waals surface area contributed by atoms with Crippen LogP contribution in [0.1, 0.15) is 30.1 Å². The summed E-state index contributed by atoms with van der Waals surface area (Å²) in [6, 6.07) is 22.6. The second-order valence-corrected chi connectivity index (χ2v) is 9.60. The Morgan fingerprint density at radius 1 is 0.757 bits per heavy atom. The van der Waals surface area contributed by atoms with E-state index in [2.05, 4.69) is 0 Å². The number of rotatable bonds is 5. The maximum Gasteiger partial charge on any atom is 0.260 e. The Labute approximate surface area is 224 Å². The van der Waals surface area contributed by atoms with Crippen molar-refractivity contribution in [3.63, 3.8) is 0 Å². The van der Waals surface area contributed by atoms with E-state index in [1.54, 1.807) is 66.2 Å². The number of methoxy groups -OCH3 is 2. The zero-order valence-electron chi connectivity index (χ0n) is 20.4. The standard InChI is InChI=1S/C29H24Cl2N2O4/c1-17(34)32-26-15-13-23(20-8-14-24(36-2)25(16-20)37-3)29(35)33(26)28(19-6-11-22(31)12-7-19)27(32)18-4-9-21(30)10-5-18/h4-16,27-28H,1-3H3/t27-,28+/m0/s1. The van der Waals surface area contributed by atoms with Gasteiger partial charge in [0, 0.05) is 22.5 Å². The molecular formula is C29H24Cl2N2O4. The molecule has 6 nitrogen and oxygen atoms in total. The second-order valence-electron chi connectivity index (χ2n) is 8.73. The molecule has 1 aliphatic heterocycles. The minimum absolute atomic E-state index is 0.177. The van der Waals surface area contributed by atoms with Crippen molar-refractivity contribution in [2.75, 3.05) is 19.1 Å². The van der Waals surface area contributed by atoms with E-state index in [0.717, 1.165) is 11.1 Å². The second kappa shape index (κ2) is 9.96. The van der Waals surface area contributed by atoms with Crippen LogP contribution in [-0.2, 0) is 4.79 Å². The van der Waals surface area contributed by atoms with Gasteiger partial charge in [0.15, 0.2) is 11.5 Å². The summed E-state index contributed by atoms with van der Waals surface area (Å²) in [6.07, 6.45) is 0. The fourth-order valence-corrected chi connectivity index (χ4v) is 5.25. The first-order valence-corrected chi connectivity index (χ1v) is 12.4. The highest BCUT2D eigenvalue weighted by Crippen LogP contribution is 2.47. The van der Waals surface area contributed by atoms with Crippen molar-refractivity contribution in [1.29, 1.82) is 0 Å². The number of hydrogen-bond donors (Lipinski definition) is 0. The van der Waals surface area contributed by atoms with Crippen LogP contribution in [0.5, 0.6) is 11.5 Å². The first-order chi connectivity index (χ1) is 17.8. The van der Waals surface area contributed by atoms with Crippen molar-refractivity contribution in [3.05, 3.63) is 110 Å². The molecule has 1 aromatic heterocycles. The van der Waals surface area contributed by atoms with Gasteiger partial charge < -0.3 is 9.47 Å². The zero-order valence-corrected chi connectivity index (χ0v) is 22.0. The molecule has 188 valence electrons. The number of fused-ring (bicyclic) bond motifs is 1. The molecule has 0 fully saturated rings. The van der Waals surface area contributed by atoms with Crippen molar-refractivity contribution in [3.8, 4) is 22.6 Å². The molecule has 2 heterocycles. The van der Waals surface area contributed by atoms with Gasteiger partial charge >= 0.3 is 0 Å². The molecule has 0 aliphatic carbocycles. The lowest BCUT2D eigenvalue weighted by molar-refractivity contribution is -0.117. The average molecular weight is 535 g/mol. The molecule has 4 aromatic rings. The summed E-state index contributed by atoms with van der Waals surface area (Å²) in [5.41, 5.74) is 2.63. The molecule has 0 unspecified atom stereocenters. The predicted octanol–water partition coefficient (Wildman–Crippen LogP) is 6.54. The van der Waals surface area contributed by atoms with Gasteiger partial charge in [0.25, 0.3) is 5.56 Å². The third kappa shape index (κ3) is 4.37. The number of nitrogens with zero attached hydrogens (tertiary/aromatic N) is 2. The van der Waals surface area contributed by atoms with Gasteiger partial charge in [-0.2, -0.15) is 0 Å². The molecule has 0 radical (unpaired) electrons. The fourth-order valence-electron chi connectivity index (χ4n) is 5.00. The molecule has 1 aliphatic rings. The maximum atomic E-state index is 14.2. The first-order valence-electron chi connectivity index (χ1n) is 11.6. The molecule has 0 saturated heterocycles. The van der Waals surface area contributed by atoms with E-state index >= 15 is 0 Å². The van der Waals surface area contributed by atoms with Gasteiger partial charge in [0.2, 0.25) is 5.91 Å². The summed E-state index contributed by atoms with van der Waals surface area (Å²) in [6.45, 7) is 1.50. The topological polar surface area (TPSA) is 60.8 Å². The number of benzene rings is 3. The highest BCUT2D eigenvalue weighted by molar-refractivity contribution is 6.30. The van der Waals surface area contributed by atoms with Crippen LogP contribution < -0.4 is 19.9 Å². The molecule has 0 saturated carbocycles. The Bertz CT molecular complexity index is 1530. The summed E-state index contributed by atoms with van der Waals surface area (Å²) >= 11 is 12.4. The molecule has 2 atom stereocenters. The van der Waals surface area contributed by atoms with Crippen LogP contribution in [0, 0.1) is 0 Å². The van der Waals surface area contributed by atoms with Crippen molar-refractivity contribution in [2.24, 2.45) is 0 Å². The average Bonchev–Trinajstić information content (AvgIpc) is 3.25. The summed E-state index contributed by atoms with van der Waals surface area (Å²) in [4.78, 5) is 28.9. The minimum Gasteiger partial charge on any atom is -0.493 e. The molecule has 0 N–H and O–H groups in total. The lowest BCUT2D eigenvalue weighted by atomic mass is 9.93. The van der Waals surface area contributed by atoms with Crippen molar-refractivity contribution >= 4 is 34.9 Å². The number of anilines is 1. The van der Waals surface area contributed by atoms with Crippen LogP contribution in [0.4, 0.5) is 5.82 Å². The van der Waals surface area contributed by atoms with Crippen molar-refractivity contribution in [2.45, 2.75) is 19.0 Å². The van der Waals surface area contributed by atoms with E-state index in [9.17, 15) is 9.59 Å². The summed E-state index contributed by atoms with van der Waals surface area (Å²) in [7, 11) is 3.11. The van der Waals surface area contributed by atoms with Gasteiger partial charge in [-0.3, -0.25) is 19.1 Å². The van der Waals surface area contributed by atoms with Gasteiger partial charge in [-0.15, -0.1) is 0 Å². The number of halogens is 2. The number of ether oxygens (including phenoxy) is 2. The summed E-state index contributed by atoms with van der Waals surface area (Å²) in [5.74, 6) is 1.42. The molecule has 1 amide bonds. The number of carbonyl (C=O) groups excluding carboxylic acids is 1. The Balaban J connectivity index is 1.76. The number of carbonyl (C=O) groups is 1. The van der Waals surface area contributed by atoms with Crippen LogP contribution in [0.3, 0.4) is 0 Å². The highest BCUT2D eigenvalue weighted by atomic mass is 35.5. The highest BCUT2D eigenvalue weighted by Gasteiger charge is 2.43. The van der Waals surface area contributed by atoms with Crippen LogP contribution in [0.2, 0.25) is 10.0 Å². The van der Waals surface area contributed by atoms with Gasteiger partial charge in [-0.1, -0.05) is 53.5 Å². The lowest BCUT2D eigenvalue weighted by Crippen LogP contribution is -2.31. The molecule has 3 aromatic carbocycles. The quantitative estimate of drug-likeness (QED) is 0.291. The third-order valence-electron chi connectivity index (χ3n) is 6.65. The van der Waals surface area contributed by atoms with Crippen molar-refractivity contribution < 1.29 is 14.3 Å². The monoisotopic (exact) mass is 534 g/mol. The SMILES string of the molecule is COc1ccc(-c2ccc3n(c2=O)[C@H](c2ccc(Cl)cc2)[C@H](c2ccc(Cl)cc2)N3C(C)=O)cc1OC. The Morgan fingerprint density at radius 3 is 1.86 bits per heavy atom. The van der Waals surface area contributed by atoms with E-state index in [0.29, 0.717) is 38.5 Å². The third-order valence-corrected chi connectivity index (χ3v) is 7.16. The van der Waals surface area contributed by atoms with Crippen LogP contribution >= 0.6 is 23.2 Å². The Kier molecular flexibility index (Phi) is 6.71. The van der Waals surface area contributed by atoms with Gasteiger partial charge in [0.05, 0.1) is 26.3 Å². The number of hydrogen-bond acceptors (Lipinski definition) is 4. The number of aromatic nitrogens is 1. The molecule has 5 rings (SSSR count). The van der Waals surface area contributed by atoms with Crippen LogP contribution in [0.25, 0.3) is 11.1 Å². The molecular weight excluding hydrogens is 511 g/mol. The Hall–Kier alpha value is -3.74. The smallest absolute Gasteiger partial charge is 0.260 e. The number of pyridine rings is 1. The number of amides is 1.